The lowest BCUT2D eigenvalue weighted by atomic mass is 9.91. The van der Waals surface area contributed by atoms with Crippen molar-refractivity contribution in [3.8, 4) is 11.1 Å². The van der Waals surface area contributed by atoms with Gasteiger partial charge in [0.2, 0.25) is 5.91 Å². The molecule has 3 N–H and O–H groups in total. The van der Waals surface area contributed by atoms with E-state index in [-0.39, 0.29) is 56.7 Å². The van der Waals surface area contributed by atoms with Gasteiger partial charge in [0.05, 0.1) is 0 Å². The molecular weight excluding hydrogens is 448 g/mol. The zero-order chi connectivity index (χ0) is 25.2. The third-order valence-electron chi connectivity index (χ3n) is 7.19. The first-order chi connectivity index (χ1) is 16.7. The summed E-state index contributed by atoms with van der Waals surface area (Å²) in [4.78, 5) is 38.3. The molecule has 2 aromatic rings. The van der Waals surface area contributed by atoms with E-state index in [1.165, 1.54) is 0 Å². The van der Waals surface area contributed by atoms with E-state index >= 15 is 0 Å². The van der Waals surface area contributed by atoms with E-state index < -0.39 is 23.7 Å². The summed E-state index contributed by atoms with van der Waals surface area (Å²) in [5.41, 5.74) is 2.78. The lowest BCUT2D eigenvalue weighted by Crippen LogP contribution is -2.52. The summed E-state index contributed by atoms with van der Waals surface area (Å²) in [6, 6.07) is 15.8. The number of rotatable bonds is 7. The Kier molecular flexibility index (Phi) is 7.12. The highest BCUT2D eigenvalue weighted by Gasteiger charge is 2.40. The number of ether oxygens (including phenoxy) is 1. The number of piperidine rings is 1. The van der Waals surface area contributed by atoms with Gasteiger partial charge in [-0.1, -0.05) is 62.4 Å². The van der Waals surface area contributed by atoms with Crippen LogP contribution in [0, 0.1) is 5.92 Å². The summed E-state index contributed by atoms with van der Waals surface area (Å²) in [5, 5.41) is 22.1. The fourth-order valence-electron chi connectivity index (χ4n) is 4.90. The van der Waals surface area contributed by atoms with Gasteiger partial charge in [0, 0.05) is 44.3 Å². The number of aliphatic hydroxyl groups is 1. The highest BCUT2D eigenvalue weighted by atomic mass is 16.5. The van der Waals surface area contributed by atoms with Crippen LogP contribution in [0.25, 0.3) is 11.1 Å². The number of carbonyl (C=O) groups excluding carboxylic acids is 2. The number of carboxylic acids is 1. The highest BCUT2D eigenvalue weighted by Crippen LogP contribution is 2.44. The van der Waals surface area contributed by atoms with Crippen molar-refractivity contribution < 1.29 is 29.3 Å². The molecule has 2 aromatic carbocycles. The number of aliphatic carboxylic acids is 1. The molecule has 0 radical (unpaired) electrons. The fraction of sp³-hybridized carbons (Fsp3) is 0.444. The van der Waals surface area contributed by atoms with Crippen molar-refractivity contribution in [2.45, 2.75) is 50.7 Å². The minimum atomic E-state index is -1.78. The maximum Gasteiger partial charge on any atom is 0.407 e. The molecule has 1 fully saturated rings. The van der Waals surface area contributed by atoms with Gasteiger partial charge in [0.1, 0.15) is 6.61 Å². The molecule has 1 atom stereocenters. The number of fused-ring (bicyclic) bond motifs is 3. The molecule has 0 bridgehead atoms. The van der Waals surface area contributed by atoms with E-state index in [1.54, 1.807) is 4.90 Å². The Balaban J connectivity index is 1.34. The van der Waals surface area contributed by atoms with Gasteiger partial charge < -0.3 is 25.2 Å². The fourth-order valence-corrected chi connectivity index (χ4v) is 4.90. The predicted octanol–water partition coefficient (Wildman–Crippen LogP) is 3.38. The van der Waals surface area contributed by atoms with Crippen LogP contribution in [0.3, 0.4) is 0 Å². The number of hydrogen-bond acceptors (Lipinski definition) is 5. The first kappa shape index (κ1) is 24.7. The van der Waals surface area contributed by atoms with Crippen molar-refractivity contribution >= 4 is 18.0 Å². The lowest BCUT2D eigenvalue weighted by molar-refractivity contribution is -0.165. The Morgan fingerprint density at radius 1 is 1.03 bits per heavy atom. The van der Waals surface area contributed by atoms with Gasteiger partial charge in [0.25, 0.3) is 0 Å². The molecule has 0 spiro atoms. The van der Waals surface area contributed by atoms with Crippen molar-refractivity contribution in [3.05, 3.63) is 59.7 Å². The van der Waals surface area contributed by atoms with Crippen molar-refractivity contribution in [1.82, 2.24) is 10.2 Å². The molecular formula is C27H32N2O6. The van der Waals surface area contributed by atoms with E-state index in [1.807, 2.05) is 38.1 Å². The van der Waals surface area contributed by atoms with Crippen LogP contribution in [-0.4, -0.2) is 64.4 Å². The molecule has 8 nitrogen and oxygen atoms in total. The second-order valence-corrected chi connectivity index (χ2v) is 9.74. The number of nitrogens with zero attached hydrogens (tertiary/aromatic N) is 1. The van der Waals surface area contributed by atoms with Crippen molar-refractivity contribution in [3.63, 3.8) is 0 Å². The molecule has 0 unspecified atom stereocenters. The Morgan fingerprint density at radius 3 is 2.09 bits per heavy atom. The van der Waals surface area contributed by atoms with Gasteiger partial charge in [-0.25, -0.2) is 9.59 Å². The van der Waals surface area contributed by atoms with Crippen molar-refractivity contribution in [2.75, 3.05) is 19.7 Å². The van der Waals surface area contributed by atoms with Crippen LogP contribution in [0.2, 0.25) is 0 Å². The molecule has 35 heavy (non-hydrogen) atoms. The smallest absolute Gasteiger partial charge is 0.407 e. The number of likely N-dealkylation sites (tertiary alicyclic amines) is 1. The summed E-state index contributed by atoms with van der Waals surface area (Å²) in [6.07, 6.45) is -0.523. The second kappa shape index (κ2) is 10.1. The van der Waals surface area contributed by atoms with Gasteiger partial charge in [0.15, 0.2) is 5.60 Å². The van der Waals surface area contributed by atoms with Gasteiger partial charge >= 0.3 is 12.1 Å². The number of alkyl carbamates (subject to hydrolysis) is 1. The van der Waals surface area contributed by atoms with Crippen LogP contribution in [-0.2, 0) is 14.3 Å². The van der Waals surface area contributed by atoms with Crippen molar-refractivity contribution in [1.29, 1.82) is 0 Å². The zero-order valence-corrected chi connectivity index (χ0v) is 20.1. The van der Waals surface area contributed by atoms with Gasteiger partial charge in [-0.05, 0) is 28.2 Å². The molecule has 0 saturated carbocycles. The minimum absolute atomic E-state index is 0.0137. The van der Waals surface area contributed by atoms with Crippen LogP contribution >= 0.6 is 0 Å². The van der Waals surface area contributed by atoms with Crippen LogP contribution < -0.4 is 5.32 Å². The normalized spacial score (nSPS) is 17.4. The van der Waals surface area contributed by atoms with Gasteiger partial charge in [-0.15, -0.1) is 0 Å². The molecule has 8 heteroatoms. The van der Waals surface area contributed by atoms with Crippen LogP contribution in [0.4, 0.5) is 4.79 Å². The standard InChI is InChI=1S/C27H32N2O6/c1-17(2)23(15-24(30)29-13-11-27(34,12-14-29)25(31)32)28-26(33)35-16-22-20-9-5-3-7-18(20)19-8-4-6-10-21(19)22/h3-10,17,22-23,34H,11-16H2,1-2H3,(H,28,33)(H,31,32)/t23-/m0/s1. The van der Waals surface area contributed by atoms with Gasteiger partial charge in [-0.2, -0.15) is 0 Å². The molecule has 1 saturated heterocycles. The average Bonchev–Trinajstić information content (AvgIpc) is 3.16. The number of hydrogen-bond donors (Lipinski definition) is 3. The number of amides is 2. The Hall–Kier alpha value is -3.39. The Labute approximate surface area is 204 Å². The van der Waals surface area contributed by atoms with E-state index in [4.69, 9.17) is 9.84 Å². The number of carbonyl (C=O) groups is 3. The Morgan fingerprint density at radius 2 is 1.57 bits per heavy atom. The summed E-state index contributed by atoms with van der Waals surface area (Å²) >= 11 is 0. The van der Waals surface area contributed by atoms with Crippen molar-refractivity contribution in [2.24, 2.45) is 5.92 Å². The monoisotopic (exact) mass is 480 g/mol. The van der Waals surface area contributed by atoms with E-state index in [9.17, 15) is 19.5 Å². The zero-order valence-electron chi connectivity index (χ0n) is 20.1. The van der Waals surface area contributed by atoms with Crippen LogP contribution in [0.15, 0.2) is 48.5 Å². The molecule has 1 heterocycles. The van der Waals surface area contributed by atoms with Crippen LogP contribution in [0.5, 0.6) is 0 Å². The van der Waals surface area contributed by atoms with E-state index in [0.717, 1.165) is 22.3 Å². The molecule has 2 amide bonds. The molecule has 2 aliphatic rings. The largest absolute Gasteiger partial charge is 0.479 e. The molecule has 0 aromatic heterocycles. The predicted molar refractivity (Wildman–Crippen MR) is 130 cm³/mol. The molecule has 1 aliphatic heterocycles. The maximum absolute atomic E-state index is 12.8. The molecule has 4 rings (SSSR count). The number of benzene rings is 2. The first-order valence-electron chi connectivity index (χ1n) is 12.0. The van der Waals surface area contributed by atoms with Gasteiger partial charge in [-0.3, -0.25) is 4.79 Å². The molecule has 186 valence electrons. The van der Waals surface area contributed by atoms with Crippen LogP contribution in [0.1, 0.15) is 50.2 Å². The second-order valence-electron chi connectivity index (χ2n) is 9.74. The number of carboxylic acid groups (broad SMARTS) is 1. The average molecular weight is 481 g/mol. The summed E-state index contributed by atoms with van der Waals surface area (Å²) < 4.78 is 5.63. The SMILES string of the molecule is CC(C)[C@H](CC(=O)N1CCC(O)(C(=O)O)CC1)NC(=O)OCC1c2ccccc2-c2ccccc21. The third-order valence-corrected chi connectivity index (χ3v) is 7.19. The summed E-state index contributed by atoms with van der Waals surface area (Å²) in [7, 11) is 0. The molecule has 1 aliphatic carbocycles. The first-order valence-corrected chi connectivity index (χ1v) is 12.0. The minimum Gasteiger partial charge on any atom is -0.479 e. The summed E-state index contributed by atoms with van der Waals surface area (Å²) in [5.74, 6) is -1.51. The number of nitrogens with one attached hydrogen (secondary N) is 1. The lowest BCUT2D eigenvalue weighted by Gasteiger charge is -2.36. The topological polar surface area (TPSA) is 116 Å². The van der Waals surface area contributed by atoms with E-state index in [2.05, 4.69) is 29.6 Å². The summed E-state index contributed by atoms with van der Waals surface area (Å²) in [6.45, 7) is 4.36. The quantitative estimate of drug-likeness (QED) is 0.560. The van der Waals surface area contributed by atoms with E-state index in [0.29, 0.717) is 0 Å². The third kappa shape index (κ3) is 5.17. The Bertz CT molecular complexity index is 1060. The maximum atomic E-state index is 12.8. The highest BCUT2D eigenvalue weighted by molar-refractivity contribution is 5.81.